The first-order valence-electron chi connectivity index (χ1n) is 5.55. The smallest absolute Gasteiger partial charge is 0.339 e. The zero-order valence-corrected chi connectivity index (χ0v) is 12.4. The molecule has 19 heavy (non-hydrogen) atoms. The van der Waals surface area contributed by atoms with Crippen molar-refractivity contribution >= 4 is 45.5 Å². The average molecular weight is 316 g/mol. The lowest BCUT2D eigenvalue weighted by atomic mass is 10.0. The topological polar surface area (TPSA) is 63.3 Å². The largest absolute Gasteiger partial charge is 0.478 e. The third-order valence-electron chi connectivity index (χ3n) is 2.75. The first-order valence-corrected chi connectivity index (χ1v) is 7.12. The quantitative estimate of drug-likeness (QED) is 0.872. The SMILES string of the molecule is CCc1sc(N)c(C(=O)O)c1-c1ccc(Cl)c(Cl)c1. The van der Waals surface area contributed by atoms with Gasteiger partial charge in [0.25, 0.3) is 0 Å². The molecular formula is C13H11Cl2NO2S. The summed E-state index contributed by atoms with van der Waals surface area (Å²) in [5.74, 6) is -1.03. The van der Waals surface area contributed by atoms with Crippen molar-refractivity contribution in [3.8, 4) is 11.1 Å². The van der Waals surface area contributed by atoms with Crippen molar-refractivity contribution in [1.82, 2.24) is 0 Å². The highest BCUT2D eigenvalue weighted by molar-refractivity contribution is 7.17. The lowest BCUT2D eigenvalue weighted by Gasteiger charge is -2.06. The number of carboxylic acids is 1. The number of rotatable bonds is 3. The van der Waals surface area contributed by atoms with Crippen LogP contribution in [-0.2, 0) is 6.42 Å². The van der Waals surface area contributed by atoms with Crippen LogP contribution in [0.1, 0.15) is 22.2 Å². The van der Waals surface area contributed by atoms with Crippen LogP contribution < -0.4 is 5.73 Å². The number of halogens is 2. The summed E-state index contributed by atoms with van der Waals surface area (Å²) in [6, 6.07) is 5.07. The Morgan fingerprint density at radius 3 is 2.58 bits per heavy atom. The van der Waals surface area contributed by atoms with Gasteiger partial charge in [0.2, 0.25) is 0 Å². The van der Waals surface area contributed by atoms with Crippen LogP contribution >= 0.6 is 34.5 Å². The fourth-order valence-corrected chi connectivity index (χ4v) is 3.24. The van der Waals surface area contributed by atoms with Crippen molar-refractivity contribution in [3.05, 3.63) is 38.7 Å². The van der Waals surface area contributed by atoms with Crippen molar-refractivity contribution in [3.63, 3.8) is 0 Å². The number of nitrogen functional groups attached to an aromatic ring is 1. The number of aromatic carboxylic acids is 1. The highest BCUT2D eigenvalue weighted by atomic mass is 35.5. The molecule has 6 heteroatoms. The van der Waals surface area contributed by atoms with E-state index in [0.29, 0.717) is 27.0 Å². The number of nitrogens with two attached hydrogens (primary N) is 1. The average Bonchev–Trinajstić information content (AvgIpc) is 2.69. The van der Waals surface area contributed by atoms with E-state index in [1.54, 1.807) is 18.2 Å². The number of anilines is 1. The summed E-state index contributed by atoms with van der Waals surface area (Å²) >= 11 is 13.2. The van der Waals surface area contributed by atoms with Gasteiger partial charge in [0.15, 0.2) is 0 Å². The molecule has 0 amide bonds. The molecule has 0 unspecified atom stereocenters. The fourth-order valence-electron chi connectivity index (χ4n) is 1.92. The number of thiophene rings is 1. The van der Waals surface area contributed by atoms with Gasteiger partial charge in [-0.3, -0.25) is 0 Å². The first-order chi connectivity index (χ1) is 8.95. The molecule has 0 radical (unpaired) electrons. The van der Waals surface area contributed by atoms with E-state index in [1.807, 2.05) is 6.92 Å². The van der Waals surface area contributed by atoms with E-state index in [0.717, 1.165) is 10.4 Å². The van der Waals surface area contributed by atoms with E-state index in [2.05, 4.69) is 0 Å². The van der Waals surface area contributed by atoms with E-state index in [9.17, 15) is 9.90 Å². The zero-order chi connectivity index (χ0) is 14.2. The third-order valence-corrected chi connectivity index (χ3v) is 4.65. The molecule has 0 atom stereocenters. The molecule has 3 nitrogen and oxygen atoms in total. The van der Waals surface area contributed by atoms with Gasteiger partial charge in [-0.1, -0.05) is 36.2 Å². The summed E-state index contributed by atoms with van der Waals surface area (Å²) in [6.07, 6.45) is 0.706. The zero-order valence-electron chi connectivity index (χ0n) is 10.0. The molecule has 1 aromatic carbocycles. The van der Waals surface area contributed by atoms with Crippen LogP contribution in [0.2, 0.25) is 10.0 Å². The fraction of sp³-hybridized carbons (Fsp3) is 0.154. The van der Waals surface area contributed by atoms with E-state index < -0.39 is 5.97 Å². The van der Waals surface area contributed by atoms with Crippen LogP contribution in [0.15, 0.2) is 18.2 Å². The molecule has 0 aliphatic carbocycles. The Bertz CT molecular complexity index is 652. The lowest BCUT2D eigenvalue weighted by molar-refractivity contribution is 0.0699. The second kappa shape index (κ2) is 5.41. The molecular weight excluding hydrogens is 305 g/mol. The van der Waals surface area contributed by atoms with Crippen LogP contribution in [0.3, 0.4) is 0 Å². The van der Waals surface area contributed by atoms with Crippen molar-refractivity contribution in [1.29, 1.82) is 0 Å². The van der Waals surface area contributed by atoms with Gasteiger partial charge in [-0.25, -0.2) is 4.79 Å². The maximum atomic E-state index is 11.4. The molecule has 2 aromatic rings. The molecule has 0 aliphatic rings. The minimum absolute atomic E-state index is 0.139. The molecule has 0 spiro atoms. The molecule has 2 rings (SSSR count). The van der Waals surface area contributed by atoms with Crippen molar-refractivity contribution in [2.45, 2.75) is 13.3 Å². The van der Waals surface area contributed by atoms with Gasteiger partial charge in [-0.15, -0.1) is 11.3 Å². The number of hydrogen-bond donors (Lipinski definition) is 2. The van der Waals surface area contributed by atoms with Gasteiger partial charge < -0.3 is 10.8 Å². The van der Waals surface area contributed by atoms with Gasteiger partial charge in [-0.05, 0) is 24.1 Å². The van der Waals surface area contributed by atoms with Gasteiger partial charge in [-0.2, -0.15) is 0 Å². The Morgan fingerprint density at radius 1 is 1.37 bits per heavy atom. The highest BCUT2D eigenvalue weighted by Gasteiger charge is 2.22. The van der Waals surface area contributed by atoms with Gasteiger partial charge in [0.05, 0.1) is 10.0 Å². The Hall–Kier alpha value is -1.23. The number of benzene rings is 1. The van der Waals surface area contributed by atoms with Gasteiger partial charge in [0.1, 0.15) is 10.6 Å². The Kier molecular flexibility index (Phi) is 4.04. The minimum Gasteiger partial charge on any atom is -0.478 e. The normalized spacial score (nSPS) is 10.7. The van der Waals surface area contributed by atoms with Gasteiger partial charge >= 0.3 is 5.97 Å². The monoisotopic (exact) mass is 315 g/mol. The Labute approximate surface area is 124 Å². The van der Waals surface area contributed by atoms with Crippen molar-refractivity contribution in [2.75, 3.05) is 5.73 Å². The maximum Gasteiger partial charge on any atom is 0.339 e. The summed E-state index contributed by atoms with van der Waals surface area (Å²) in [7, 11) is 0. The van der Waals surface area contributed by atoms with Crippen molar-refractivity contribution < 1.29 is 9.90 Å². The van der Waals surface area contributed by atoms with E-state index in [-0.39, 0.29) is 5.56 Å². The molecule has 0 fully saturated rings. The second-order valence-corrected chi connectivity index (χ2v) is 5.88. The van der Waals surface area contributed by atoms with Crippen LogP contribution in [0.5, 0.6) is 0 Å². The van der Waals surface area contributed by atoms with E-state index in [1.165, 1.54) is 11.3 Å². The third kappa shape index (κ3) is 2.56. The molecule has 0 bridgehead atoms. The lowest BCUT2D eigenvalue weighted by Crippen LogP contribution is -2.01. The Morgan fingerprint density at radius 2 is 2.05 bits per heavy atom. The number of hydrogen-bond acceptors (Lipinski definition) is 3. The second-order valence-electron chi connectivity index (χ2n) is 3.93. The maximum absolute atomic E-state index is 11.4. The minimum atomic E-state index is -1.03. The molecule has 100 valence electrons. The predicted octanol–water partition coefficient (Wildman–Crippen LogP) is 4.56. The van der Waals surface area contributed by atoms with E-state index >= 15 is 0 Å². The summed E-state index contributed by atoms with van der Waals surface area (Å²) in [5.41, 5.74) is 7.30. The number of carboxylic acid groups (broad SMARTS) is 1. The number of aryl methyl sites for hydroxylation is 1. The van der Waals surface area contributed by atoms with Crippen LogP contribution in [0.25, 0.3) is 11.1 Å². The van der Waals surface area contributed by atoms with Gasteiger partial charge in [0, 0.05) is 10.4 Å². The standard InChI is InChI=1S/C13H11Cl2NO2S/c1-2-9-10(11(13(17)18)12(16)19-9)6-3-4-7(14)8(15)5-6/h3-5H,2,16H2,1H3,(H,17,18). The summed E-state index contributed by atoms with van der Waals surface area (Å²) in [6.45, 7) is 1.96. The van der Waals surface area contributed by atoms with Crippen LogP contribution in [-0.4, -0.2) is 11.1 Å². The Balaban J connectivity index is 2.72. The van der Waals surface area contributed by atoms with E-state index in [4.69, 9.17) is 28.9 Å². The molecule has 0 saturated carbocycles. The molecule has 0 saturated heterocycles. The number of carbonyl (C=O) groups is 1. The first kappa shape index (κ1) is 14.2. The molecule has 0 aliphatic heterocycles. The van der Waals surface area contributed by atoms with Crippen LogP contribution in [0, 0.1) is 0 Å². The van der Waals surface area contributed by atoms with Crippen molar-refractivity contribution in [2.24, 2.45) is 0 Å². The summed E-state index contributed by atoms with van der Waals surface area (Å²) in [4.78, 5) is 12.3. The molecule has 1 aromatic heterocycles. The summed E-state index contributed by atoms with van der Waals surface area (Å²) < 4.78 is 0. The predicted molar refractivity (Wildman–Crippen MR) is 80.5 cm³/mol. The molecule has 1 heterocycles. The molecule has 3 N–H and O–H groups in total. The summed E-state index contributed by atoms with van der Waals surface area (Å²) in [5, 5.41) is 10.4. The van der Waals surface area contributed by atoms with Crippen LogP contribution in [0.4, 0.5) is 5.00 Å². The highest BCUT2D eigenvalue weighted by Crippen LogP contribution is 2.40.